The molecule has 1 N–H and O–H groups in total. The zero-order valence-corrected chi connectivity index (χ0v) is 13.7. The second-order valence-electron chi connectivity index (χ2n) is 5.18. The van der Waals surface area contributed by atoms with Crippen molar-refractivity contribution in [2.45, 2.75) is 19.9 Å². The quantitative estimate of drug-likeness (QED) is 0.791. The first-order valence-corrected chi connectivity index (χ1v) is 7.74. The van der Waals surface area contributed by atoms with E-state index in [9.17, 15) is 9.59 Å². The summed E-state index contributed by atoms with van der Waals surface area (Å²) >= 11 is 5.77. The summed E-state index contributed by atoms with van der Waals surface area (Å²) in [5.41, 5.74) is 0.918. The molecule has 122 valence electrons. The molecule has 0 aliphatic carbocycles. The summed E-state index contributed by atoms with van der Waals surface area (Å²) in [7, 11) is 0. The number of nitrogens with zero attached hydrogens (tertiary/aromatic N) is 1. The van der Waals surface area contributed by atoms with E-state index in [1.807, 2.05) is 13.0 Å². The van der Waals surface area contributed by atoms with Gasteiger partial charge in [-0.25, -0.2) is 0 Å². The Hall–Kier alpha value is -2.27. The van der Waals surface area contributed by atoms with Gasteiger partial charge in [0.2, 0.25) is 0 Å². The van der Waals surface area contributed by atoms with Crippen LogP contribution in [0.2, 0.25) is 5.02 Å². The normalized spacial score (nSPS) is 10.3. The highest BCUT2D eigenvalue weighted by atomic mass is 35.5. The second kappa shape index (κ2) is 8.39. The Balaban J connectivity index is 1.66. The molecule has 1 heterocycles. The first-order chi connectivity index (χ1) is 11.0. The largest absolute Gasteiger partial charge is 0.484 e. The fraction of sp³-hybridized carbons (Fsp3) is 0.294. The van der Waals surface area contributed by atoms with Crippen LogP contribution in [0, 0.1) is 6.92 Å². The van der Waals surface area contributed by atoms with Crippen LogP contribution < -0.4 is 15.6 Å². The highest BCUT2D eigenvalue weighted by molar-refractivity contribution is 6.30. The van der Waals surface area contributed by atoms with Gasteiger partial charge in [0, 0.05) is 30.4 Å². The van der Waals surface area contributed by atoms with Gasteiger partial charge in [0.25, 0.3) is 11.5 Å². The van der Waals surface area contributed by atoms with Crippen molar-refractivity contribution in [3.63, 3.8) is 0 Å². The Bertz CT molecular complexity index is 711. The van der Waals surface area contributed by atoms with Crippen molar-refractivity contribution >= 4 is 17.5 Å². The van der Waals surface area contributed by atoms with Crippen molar-refractivity contribution in [3.05, 3.63) is 63.5 Å². The average molecular weight is 335 g/mol. The highest BCUT2D eigenvalue weighted by Gasteiger charge is 2.03. The van der Waals surface area contributed by atoms with Gasteiger partial charge >= 0.3 is 0 Å². The van der Waals surface area contributed by atoms with Crippen LogP contribution in [-0.2, 0) is 11.3 Å². The van der Waals surface area contributed by atoms with Crippen LogP contribution in [-0.4, -0.2) is 23.6 Å². The van der Waals surface area contributed by atoms with Gasteiger partial charge in [-0.2, -0.15) is 0 Å². The molecule has 0 radical (unpaired) electrons. The van der Waals surface area contributed by atoms with Gasteiger partial charge < -0.3 is 14.6 Å². The lowest BCUT2D eigenvalue weighted by Crippen LogP contribution is -2.30. The van der Waals surface area contributed by atoms with E-state index in [-0.39, 0.29) is 18.1 Å². The van der Waals surface area contributed by atoms with Crippen molar-refractivity contribution in [1.29, 1.82) is 0 Å². The third kappa shape index (κ3) is 5.79. The third-order valence-corrected chi connectivity index (χ3v) is 3.49. The summed E-state index contributed by atoms with van der Waals surface area (Å²) in [5.74, 6) is 0.395. The average Bonchev–Trinajstić information content (AvgIpc) is 2.52. The van der Waals surface area contributed by atoms with Crippen LogP contribution in [0.25, 0.3) is 0 Å². The molecule has 6 heteroatoms. The van der Waals surface area contributed by atoms with Crippen molar-refractivity contribution < 1.29 is 9.53 Å². The second-order valence-corrected chi connectivity index (χ2v) is 5.62. The summed E-state index contributed by atoms with van der Waals surface area (Å²) in [4.78, 5) is 23.4. The molecule has 0 spiro atoms. The van der Waals surface area contributed by atoms with Crippen LogP contribution in [0.1, 0.15) is 12.0 Å². The third-order valence-electron chi connectivity index (χ3n) is 3.23. The van der Waals surface area contributed by atoms with Gasteiger partial charge in [0.15, 0.2) is 6.61 Å². The number of aromatic nitrogens is 1. The van der Waals surface area contributed by atoms with Crippen molar-refractivity contribution in [2.24, 2.45) is 0 Å². The first-order valence-electron chi connectivity index (χ1n) is 7.37. The zero-order chi connectivity index (χ0) is 16.7. The minimum absolute atomic E-state index is 0.0256. The predicted molar refractivity (Wildman–Crippen MR) is 90.0 cm³/mol. The molecule has 1 aromatic carbocycles. The van der Waals surface area contributed by atoms with Gasteiger partial charge in [-0.15, -0.1) is 0 Å². The Morgan fingerprint density at radius 2 is 2.00 bits per heavy atom. The molecule has 1 amide bonds. The predicted octanol–water partition coefficient (Wildman–Crippen LogP) is 2.40. The van der Waals surface area contributed by atoms with Crippen molar-refractivity contribution in [1.82, 2.24) is 9.88 Å². The zero-order valence-electron chi connectivity index (χ0n) is 12.9. The summed E-state index contributed by atoms with van der Waals surface area (Å²) in [6.07, 6.45) is 2.44. The van der Waals surface area contributed by atoms with E-state index in [1.165, 1.54) is 0 Å². The number of nitrogens with one attached hydrogen (secondary N) is 1. The summed E-state index contributed by atoms with van der Waals surface area (Å²) in [6.45, 7) is 2.89. The standard InChI is InChI=1S/C17H19ClN2O3/c1-13-7-10-20(17(22)11-13)9-2-8-19-16(21)12-23-15-5-3-14(18)4-6-15/h3-7,10-11H,2,8-9,12H2,1H3,(H,19,21). The molecule has 2 aromatic rings. The molecule has 0 atom stereocenters. The molecule has 0 fully saturated rings. The maximum atomic E-state index is 11.7. The number of hydrogen-bond donors (Lipinski definition) is 1. The topological polar surface area (TPSA) is 60.3 Å². The van der Waals surface area contributed by atoms with Crippen LogP contribution in [0.3, 0.4) is 0 Å². The van der Waals surface area contributed by atoms with E-state index in [2.05, 4.69) is 5.32 Å². The first kappa shape index (κ1) is 17.1. The number of ether oxygens (including phenoxy) is 1. The minimum Gasteiger partial charge on any atom is -0.484 e. The lowest BCUT2D eigenvalue weighted by molar-refractivity contribution is -0.123. The van der Waals surface area contributed by atoms with Crippen LogP contribution >= 0.6 is 11.6 Å². The molecule has 2 rings (SSSR count). The van der Waals surface area contributed by atoms with Gasteiger partial charge in [-0.1, -0.05) is 11.6 Å². The highest BCUT2D eigenvalue weighted by Crippen LogP contribution is 2.15. The Labute approximate surface area is 139 Å². The summed E-state index contributed by atoms with van der Waals surface area (Å²) < 4.78 is 6.97. The maximum Gasteiger partial charge on any atom is 0.257 e. The monoisotopic (exact) mass is 334 g/mol. The number of hydrogen-bond acceptors (Lipinski definition) is 3. The van der Waals surface area contributed by atoms with Crippen molar-refractivity contribution in [2.75, 3.05) is 13.2 Å². The molecule has 0 aliphatic rings. The molecule has 5 nitrogen and oxygen atoms in total. The number of benzene rings is 1. The molecule has 0 saturated carbocycles. The van der Waals surface area contributed by atoms with E-state index in [1.54, 1.807) is 41.1 Å². The van der Waals surface area contributed by atoms with Gasteiger partial charge in [0.1, 0.15) is 5.75 Å². The lowest BCUT2D eigenvalue weighted by atomic mass is 10.3. The molecule has 23 heavy (non-hydrogen) atoms. The van der Waals surface area contributed by atoms with Crippen molar-refractivity contribution in [3.8, 4) is 5.75 Å². The Morgan fingerprint density at radius 1 is 1.26 bits per heavy atom. The summed E-state index contributed by atoms with van der Waals surface area (Å²) in [6, 6.07) is 10.3. The smallest absolute Gasteiger partial charge is 0.257 e. The maximum absolute atomic E-state index is 11.7. The Morgan fingerprint density at radius 3 is 2.70 bits per heavy atom. The number of rotatable bonds is 7. The summed E-state index contributed by atoms with van der Waals surface area (Å²) in [5, 5.41) is 3.38. The minimum atomic E-state index is -0.198. The molecular formula is C17H19ClN2O3. The lowest BCUT2D eigenvalue weighted by Gasteiger charge is -2.08. The number of carbonyl (C=O) groups excluding carboxylic acids is 1. The molecular weight excluding hydrogens is 316 g/mol. The van der Waals surface area contributed by atoms with Crippen LogP contribution in [0.15, 0.2) is 47.4 Å². The van der Waals surface area contributed by atoms with E-state index in [0.717, 1.165) is 5.56 Å². The fourth-order valence-corrected chi connectivity index (χ4v) is 2.13. The number of halogens is 1. The van der Waals surface area contributed by atoms with E-state index < -0.39 is 0 Å². The number of aryl methyl sites for hydroxylation is 2. The van der Waals surface area contributed by atoms with Crippen LogP contribution in [0.4, 0.5) is 0 Å². The van der Waals surface area contributed by atoms with E-state index in [0.29, 0.717) is 30.3 Å². The molecule has 0 bridgehead atoms. The van der Waals surface area contributed by atoms with Gasteiger partial charge in [-0.05, 0) is 49.2 Å². The molecule has 1 aromatic heterocycles. The van der Waals surface area contributed by atoms with Gasteiger partial charge in [0.05, 0.1) is 0 Å². The Kier molecular flexibility index (Phi) is 6.23. The van der Waals surface area contributed by atoms with Crippen LogP contribution in [0.5, 0.6) is 5.75 Å². The van der Waals surface area contributed by atoms with E-state index in [4.69, 9.17) is 16.3 Å². The van der Waals surface area contributed by atoms with E-state index >= 15 is 0 Å². The molecule has 0 aliphatic heterocycles. The number of carbonyl (C=O) groups is 1. The molecule has 0 unspecified atom stereocenters. The fourth-order valence-electron chi connectivity index (χ4n) is 2.00. The number of amides is 1. The SMILES string of the molecule is Cc1ccn(CCCNC(=O)COc2ccc(Cl)cc2)c(=O)c1. The van der Waals surface area contributed by atoms with Gasteiger partial charge in [-0.3, -0.25) is 9.59 Å². The number of pyridine rings is 1. The molecule has 0 saturated heterocycles.